The summed E-state index contributed by atoms with van der Waals surface area (Å²) in [4.78, 5) is 18.1. The monoisotopic (exact) mass is 137 g/mol. The third-order valence-electron chi connectivity index (χ3n) is 0. The van der Waals surface area contributed by atoms with Crippen molar-refractivity contribution >= 4 is 23.9 Å². The minimum Gasteiger partial charge on any atom is -0.361 e. The van der Waals surface area contributed by atoms with Crippen LogP contribution in [0.4, 0.5) is 9.59 Å². The Morgan fingerprint density at radius 3 is 1.12 bits per heavy atom. The van der Waals surface area contributed by atoms with E-state index in [1.807, 2.05) is 0 Å². The molecule has 0 saturated carbocycles. The Kier molecular flexibility index (Phi) is 7.73. The van der Waals surface area contributed by atoms with Gasteiger partial charge >= 0.3 is 6.03 Å². The second kappa shape index (κ2) is 6.09. The van der Waals surface area contributed by atoms with Gasteiger partial charge in [-0.3, -0.25) is 4.79 Å². The highest BCUT2D eigenvalue weighted by atomic mass is 32.1. The normalized spacial score (nSPS) is 6.12. The first kappa shape index (κ1) is 10.1. The fourth-order valence-electron chi connectivity index (χ4n) is 0. The number of hydrogen-bond acceptors (Lipinski definition) is 2. The van der Waals surface area contributed by atoms with Crippen LogP contribution in [0.2, 0.25) is 0 Å². The van der Waals surface area contributed by atoms with E-state index in [0.717, 1.165) is 0 Å². The molecule has 8 heavy (non-hydrogen) atoms. The van der Waals surface area contributed by atoms with Crippen molar-refractivity contribution in [1.29, 1.82) is 0 Å². The van der Waals surface area contributed by atoms with Crippen LogP contribution in [0.3, 0.4) is 0 Å². The summed E-state index contributed by atoms with van der Waals surface area (Å²) in [6.07, 6.45) is 0. The molecule has 0 aliphatic heterocycles. The van der Waals surface area contributed by atoms with Crippen molar-refractivity contribution in [2.75, 3.05) is 0 Å². The van der Waals surface area contributed by atoms with Gasteiger partial charge in [0.15, 0.2) is 0 Å². The molecule has 6 N–H and O–H groups in total. The van der Waals surface area contributed by atoms with Crippen LogP contribution in [-0.2, 0) is 0 Å². The van der Waals surface area contributed by atoms with Crippen molar-refractivity contribution in [2.45, 2.75) is 0 Å². The molecule has 0 rings (SSSR count). The third-order valence-corrected chi connectivity index (χ3v) is 0. The molecule has 0 saturated heterocycles. The molecule has 0 aliphatic carbocycles. The molecule has 0 aromatic rings. The lowest BCUT2D eigenvalue weighted by Gasteiger charge is -1.62. The Morgan fingerprint density at radius 1 is 1.12 bits per heavy atom. The van der Waals surface area contributed by atoms with Crippen molar-refractivity contribution < 1.29 is 9.59 Å². The highest BCUT2D eigenvalue weighted by molar-refractivity contribution is 7.96. The molecule has 0 spiro atoms. The summed E-state index contributed by atoms with van der Waals surface area (Å²) in [7, 11) is 0. The molecule has 0 bridgehead atoms. The average molecular weight is 137 g/mol. The minimum atomic E-state index is -0.833. The number of thiol groups is 1. The predicted octanol–water partition coefficient (Wildman–Crippen LogP) is -0.981. The van der Waals surface area contributed by atoms with Crippen molar-refractivity contribution in [1.82, 2.24) is 0 Å². The Bertz CT molecular complexity index is 73.3. The SMILES string of the molecule is NC(=O)S.NC(N)=O. The van der Waals surface area contributed by atoms with Gasteiger partial charge in [0, 0.05) is 0 Å². The topological polar surface area (TPSA) is 112 Å². The van der Waals surface area contributed by atoms with Gasteiger partial charge in [-0.1, -0.05) is 12.6 Å². The quantitative estimate of drug-likeness (QED) is 0.321. The zero-order valence-electron chi connectivity index (χ0n) is 4.00. The number of carbonyl (C=O) groups excluding carboxylic acids is 2. The Balaban J connectivity index is 0. The summed E-state index contributed by atoms with van der Waals surface area (Å²) in [6.45, 7) is 0. The van der Waals surface area contributed by atoms with Crippen molar-refractivity contribution in [3.63, 3.8) is 0 Å². The van der Waals surface area contributed by atoms with Crippen LogP contribution in [0.15, 0.2) is 0 Å². The molecule has 0 aliphatic rings. The first-order chi connectivity index (χ1) is 3.46. The maximum atomic E-state index is 9.09. The molecule has 0 heterocycles. The van der Waals surface area contributed by atoms with Crippen LogP contribution in [0.1, 0.15) is 0 Å². The van der Waals surface area contributed by atoms with Gasteiger partial charge in [0.2, 0.25) is 0 Å². The maximum Gasteiger partial charge on any atom is 0.309 e. The standard InChI is InChI=1S/CH4N2O.CH3NOS/c2*2-1(3)4/h(H4,2,3,4);(H3,2,3,4). The van der Waals surface area contributed by atoms with Crippen molar-refractivity contribution in [3.8, 4) is 0 Å². The lowest BCUT2D eigenvalue weighted by Crippen LogP contribution is -2.18. The second-order valence-corrected chi connectivity index (χ2v) is 1.18. The number of hydrogen-bond donors (Lipinski definition) is 4. The molecule has 48 valence electrons. The number of urea groups is 1. The molecule has 6 heteroatoms. The van der Waals surface area contributed by atoms with Gasteiger partial charge in [0.1, 0.15) is 0 Å². The van der Waals surface area contributed by atoms with E-state index in [4.69, 9.17) is 9.59 Å². The lowest BCUT2D eigenvalue weighted by atomic mass is 11.2. The number of nitrogens with two attached hydrogens (primary N) is 3. The van der Waals surface area contributed by atoms with E-state index < -0.39 is 11.3 Å². The van der Waals surface area contributed by atoms with Gasteiger partial charge in [0.25, 0.3) is 5.24 Å². The summed E-state index contributed by atoms with van der Waals surface area (Å²) < 4.78 is 0. The van der Waals surface area contributed by atoms with Crippen LogP contribution >= 0.6 is 12.6 Å². The van der Waals surface area contributed by atoms with Crippen LogP contribution in [0, 0.1) is 0 Å². The molecular weight excluding hydrogens is 130 g/mol. The van der Waals surface area contributed by atoms with E-state index in [1.54, 1.807) is 0 Å². The molecular formula is C2H7N3O2S. The first-order valence-electron chi connectivity index (χ1n) is 1.50. The Labute approximate surface area is 51.6 Å². The van der Waals surface area contributed by atoms with E-state index >= 15 is 0 Å². The molecule has 0 unspecified atom stereocenters. The van der Waals surface area contributed by atoms with E-state index in [2.05, 4.69) is 29.8 Å². The van der Waals surface area contributed by atoms with Crippen LogP contribution in [0.5, 0.6) is 0 Å². The van der Waals surface area contributed by atoms with Crippen LogP contribution in [-0.4, -0.2) is 11.3 Å². The van der Waals surface area contributed by atoms with Crippen molar-refractivity contribution in [2.24, 2.45) is 17.2 Å². The summed E-state index contributed by atoms with van der Waals surface area (Å²) in [6, 6.07) is -0.833. The number of rotatable bonds is 0. The van der Waals surface area contributed by atoms with Gasteiger partial charge in [-0.25, -0.2) is 4.79 Å². The van der Waals surface area contributed by atoms with Crippen LogP contribution < -0.4 is 17.2 Å². The van der Waals surface area contributed by atoms with E-state index in [1.165, 1.54) is 0 Å². The van der Waals surface area contributed by atoms with E-state index in [-0.39, 0.29) is 0 Å². The lowest BCUT2D eigenvalue weighted by molar-refractivity contribution is 0.256. The summed E-state index contributed by atoms with van der Waals surface area (Å²) in [5.41, 5.74) is 12.8. The van der Waals surface area contributed by atoms with Gasteiger partial charge in [-0.05, 0) is 0 Å². The van der Waals surface area contributed by atoms with Crippen LogP contribution in [0.25, 0.3) is 0 Å². The molecule has 0 radical (unpaired) electrons. The van der Waals surface area contributed by atoms with Gasteiger partial charge in [0.05, 0.1) is 0 Å². The second-order valence-electron chi connectivity index (χ2n) is 0.741. The van der Waals surface area contributed by atoms with Gasteiger partial charge in [-0.2, -0.15) is 0 Å². The fraction of sp³-hybridized carbons (Fsp3) is 0. The summed E-state index contributed by atoms with van der Waals surface area (Å²) >= 11 is 3.10. The zero-order valence-corrected chi connectivity index (χ0v) is 4.89. The minimum absolute atomic E-state index is 0.639. The maximum absolute atomic E-state index is 9.09. The number of carbonyl (C=O) groups is 2. The first-order valence-corrected chi connectivity index (χ1v) is 1.95. The smallest absolute Gasteiger partial charge is 0.309 e. The zero-order chi connectivity index (χ0) is 7.15. The fourth-order valence-corrected chi connectivity index (χ4v) is 0. The highest BCUT2D eigenvalue weighted by Crippen LogP contribution is 1.60. The Morgan fingerprint density at radius 2 is 1.12 bits per heavy atom. The molecule has 0 aromatic heterocycles. The molecule has 0 atom stereocenters. The third kappa shape index (κ3) is 103. The molecule has 3 amide bonds. The summed E-state index contributed by atoms with van der Waals surface area (Å²) in [5, 5.41) is -0.639. The van der Waals surface area contributed by atoms with E-state index in [9.17, 15) is 0 Å². The number of primary amides is 3. The largest absolute Gasteiger partial charge is 0.361 e. The predicted molar refractivity (Wildman–Crippen MR) is 32.3 cm³/mol. The molecule has 0 fully saturated rings. The molecule has 5 nitrogen and oxygen atoms in total. The van der Waals surface area contributed by atoms with Crippen molar-refractivity contribution in [3.05, 3.63) is 0 Å². The highest BCUT2D eigenvalue weighted by Gasteiger charge is 1.63. The Hall–Kier alpha value is -0.910. The number of amides is 3. The average Bonchev–Trinajstić information content (AvgIpc) is 1.25. The summed E-state index contributed by atoms with van der Waals surface area (Å²) in [5.74, 6) is 0. The van der Waals surface area contributed by atoms with Gasteiger partial charge < -0.3 is 17.2 Å². The van der Waals surface area contributed by atoms with E-state index in [0.29, 0.717) is 0 Å². The molecule has 0 aromatic carbocycles. The van der Waals surface area contributed by atoms with Gasteiger partial charge in [-0.15, -0.1) is 0 Å².